The number of aryl methyl sites for hydroxylation is 1. The number of nitrogens with zero attached hydrogens (tertiary/aromatic N) is 4. The normalized spacial score (nSPS) is 24.5. The van der Waals surface area contributed by atoms with E-state index in [1.807, 2.05) is 17.8 Å². The highest BCUT2D eigenvalue weighted by Crippen LogP contribution is 2.19. The molecule has 2 N–H and O–H groups in total. The maximum atomic E-state index is 12.7. The SMILES string of the molecule is Cn1ccnc1CN1CCCC(NC(=O)N2CCC[C@@H]2CO)C1=O. The zero-order chi connectivity index (χ0) is 17.1. The Kier molecular flexibility index (Phi) is 5.03. The standard InChI is InChI=1S/C16H25N5O3/c1-19-9-6-17-14(19)10-20-7-3-5-13(15(20)23)18-16(24)21-8-2-4-12(21)11-22/h6,9,12-13,22H,2-5,7-8,10-11H2,1H3,(H,18,24)/t12-,13?/m1/s1. The smallest absolute Gasteiger partial charge is 0.318 e. The molecule has 24 heavy (non-hydrogen) atoms. The van der Waals surface area contributed by atoms with Gasteiger partial charge in [0, 0.05) is 32.5 Å². The molecule has 132 valence electrons. The van der Waals surface area contributed by atoms with Crippen molar-refractivity contribution in [3.05, 3.63) is 18.2 Å². The Morgan fingerprint density at radius 1 is 1.38 bits per heavy atom. The number of aliphatic hydroxyl groups is 1. The lowest BCUT2D eigenvalue weighted by Gasteiger charge is -2.34. The van der Waals surface area contributed by atoms with E-state index in [2.05, 4.69) is 10.3 Å². The summed E-state index contributed by atoms with van der Waals surface area (Å²) in [6, 6.07) is -0.873. The first-order chi connectivity index (χ1) is 11.6. The number of carbonyl (C=O) groups is 2. The molecule has 2 atom stereocenters. The van der Waals surface area contributed by atoms with Gasteiger partial charge in [0.05, 0.1) is 19.2 Å². The van der Waals surface area contributed by atoms with Gasteiger partial charge in [0.1, 0.15) is 11.9 Å². The van der Waals surface area contributed by atoms with Gasteiger partial charge in [-0.1, -0.05) is 0 Å². The van der Waals surface area contributed by atoms with Crippen molar-refractivity contribution in [1.82, 2.24) is 24.7 Å². The Balaban J connectivity index is 1.60. The minimum absolute atomic E-state index is 0.0304. The van der Waals surface area contributed by atoms with Gasteiger partial charge in [0.25, 0.3) is 0 Å². The van der Waals surface area contributed by atoms with Crippen molar-refractivity contribution < 1.29 is 14.7 Å². The topological polar surface area (TPSA) is 90.7 Å². The van der Waals surface area contributed by atoms with Crippen molar-refractivity contribution in [3.8, 4) is 0 Å². The molecule has 0 radical (unpaired) electrons. The Morgan fingerprint density at radius 3 is 2.88 bits per heavy atom. The number of hydrogen-bond donors (Lipinski definition) is 2. The van der Waals surface area contributed by atoms with Crippen LogP contribution in [0.15, 0.2) is 12.4 Å². The molecule has 0 spiro atoms. The van der Waals surface area contributed by atoms with Gasteiger partial charge in [0.2, 0.25) is 5.91 Å². The second-order valence-corrected chi connectivity index (χ2v) is 6.53. The highest BCUT2D eigenvalue weighted by Gasteiger charge is 2.34. The van der Waals surface area contributed by atoms with Crippen LogP contribution in [0, 0.1) is 0 Å². The molecule has 2 fully saturated rings. The van der Waals surface area contributed by atoms with E-state index in [9.17, 15) is 14.7 Å². The van der Waals surface area contributed by atoms with Gasteiger partial charge in [-0.25, -0.2) is 9.78 Å². The lowest BCUT2D eigenvalue weighted by molar-refractivity contribution is -0.136. The summed E-state index contributed by atoms with van der Waals surface area (Å²) in [5.41, 5.74) is 0. The number of urea groups is 1. The summed E-state index contributed by atoms with van der Waals surface area (Å²) < 4.78 is 1.89. The molecule has 1 aromatic rings. The van der Waals surface area contributed by atoms with Crippen molar-refractivity contribution in [2.45, 2.75) is 44.3 Å². The van der Waals surface area contributed by atoms with Crippen LogP contribution in [-0.4, -0.2) is 68.2 Å². The third-order valence-corrected chi connectivity index (χ3v) is 4.93. The molecule has 1 aromatic heterocycles. The fraction of sp³-hybridized carbons (Fsp3) is 0.688. The van der Waals surface area contributed by atoms with Gasteiger partial charge >= 0.3 is 6.03 Å². The van der Waals surface area contributed by atoms with E-state index in [1.54, 1.807) is 16.0 Å². The summed E-state index contributed by atoms with van der Waals surface area (Å²) in [6.45, 7) is 1.74. The maximum absolute atomic E-state index is 12.7. The van der Waals surface area contributed by atoms with Crippen LogP contribution in [0.2, 0.25) is 0 Å². The zero-order valence-corrected chi connectivity index (χ0v) is 14.0. The number of imidazole rings is 1. The lowest BCUT2D eigenvalue weighted by atomic mass is 10.0. The number of rotatable bonds is 4. The monoisotopic (exact) mass is 335 g/mol. The van der Waals surface area contributed by atoms with E-state index in [0.29, 0.717) is 26.1 Å². The van der Waals surface area contributed by atoms with E-state index in [1.165, 1.54) is 0 Å². The predicted octanol–water partition coefficient (Wildman–Crippen LogP) is 0.0774. The summed E-state index contributed by atoms with van der Waals surface area (Å²) in [7, 11) is 1.90. The van der Waals surface area contributed by atoms with E-state index in [4.69, 9.17) is 0 Å². The summed E-state index contributed by atoms with van der Waals surface area (Å²) in [5, 5.41) is 12.2. The minimum Gasteiger partial charge on any atom is -0.394 e. The second-order valence-electron chi connectivity index (χ2n) is 6.53. The van der Waals surface area contributed by atoms with Crippen LogP contribution in [0.3, 0.4) is 0 Å². The van der Waals surface area contributed by atoms with Crippen LogP contribution in [0.25, 0.3) is 0 Å². The van der Waals surface area contributed by atoms with Gasteiger partial charge in [-0.3, -0.25) is 4.79 Å². The number of aromatic nitrogens is 2. The van der Waals surface area contributed by atoms with Crippen LogP contribution in [0.1, 0.15) is 31.5 Å². The zero-order valence-electron chi connectivity index (χ0n) is 14.0. The van der Waals surface area contributed by atoms with E-state index in [0.717, 1.165) is 25.1 Å². The van der Waals surface area contributed by atoms with Crippen LogP contribution in [0.4, 0.5) is 4.79 Å². The minimum atomic E-state index is -0.494. The first kappa shape index (κ1) is 16.8. The average molecular weight is 335 g/mol. The summed E-state index contributed by atoms with van der Waals surface area (Å²) in [4.78, 5) is 32.8. The molecule has 0 bridgehead atoms. The highest BCUT2D eigenvalue weighted by molar-refractivity contribution is 5.87. The molecular weight excluding hydrogens is 310 g/mol. The van der Waals surface area contributed by atoms with Crippen molar-refractivity contribution in [3.63, 3.8) is 0 Å². The molecule has 2 aliphatic rings. The Bertz CT molecular complexity index is 602. The first-order valence-corrected chi connectivity index (χ1v) is 8.53. The third-order valence-electron chi connectivity index (χ3n) is 4.93. The second kappa shape index (κ2) is 7.21. The summed E-state index contributed by atoms with van der Waals surface area (Å²) in [5.74, 6) is 0.771. The number of likely N-dealkylation sites (tertiary alicyclic amines) is 2. The van der Waals surface area contributed by atoms with Crippen LogP contribution in [0.5, 0.6) is 0 Å². The summed E-state index contributed by atoms with van der Waals surface area (Å²) >= 11 is 0. The molecule has 2 saturated heterocycles. The third kappa shape index (κ3) is 3.38. The summed E-state index contributed by atoms with van der Waals surface area (Å²) in [6.07, 6.45) is 6.77. The van der Waals surface area contributed by atoms with Gasteiger partial charge < -0.3 is 24.8 Å². The predicted molar refractivity (Wildman–Crippen MR) is 87.0 cm³/mol. The molecule has 3 amide bonds. The highest BCUT2D eigenvalue weighted by atomic mass is 16.3. The van der Waals surface area contributed by atoms with Gasteiger partial charge in [-0.2, -0.15) is 0 Å². The molecule has 1 unspecified atom stereocenters. The Hall–Kier alpha value is -2.09. The molecular formula is C16H25N5O3. The van der Waals surface area contributed by atoms with E-state index < -0.39 is 6.04 Å². The van der Waals surface area contributed by atoms with E-state index in [-0.39, 0.29) is 24.6 Å². The fourth-order valence-corrected chi connectivity index (χ4v) is 3.48. The number of carbonyl (C=O) groups excluding carboxylic acids is 2. The Labute approximate surface area is 141 Å². The molecule has 3 rings (SSSR count). The van der Waals surface area contributed by atoms with Gasteiger partial charge in [-0.05, 0) is 25.7 Å². The van der Waals surface area contributed by atoms with Gasteiger partial charge in [0.15, 0.2) is 0 Å². The first-order valence-electron chi connectivity index (χ1n) is 8.53. The molecule has 2 aliphatic heterocycles. The quantitative estimate of drug-likeness (QED) is 0.815. The number of aliphatic hydroxyl groups excluding tert-OH is 1. The van der Waals surface area contributed by atoms with Crippen molar-refractivity contribution in [2.75, 3.05) is 19.7 Å². The number of hydrogen-bond acceptors (Lipinski definition) is 4. The number of nitrogens with one attached hydrogen (secondary N) is 1. The van der Waals surface area contributed by atoms with Crippen molar-refractivity contribution in [1.29, 1.82) is 0 Å². The fourth-order valence-electron chi connectivity index (χ4n) is 3.48. The van der Waals surface area contributed by atoms with Crippen molar-refractivity contribution in [2.24, 2.45) is 7.05 Å². The maximum Gasteiger partial charge on any atom is 0.318 e. The molecule has 8 heteroatoms. The number of piperidine rings is 1. The van der Waals surface area contributed by atoms with Crippen molar-refractivity contribution >= 4 is 11.9 Å². The molecule has 0 saturated carbocycles. The average Bonchev–Trinajstić information content (AvgIpc) is 3.20. The van der Waals surface area contributed by atoms with Crippen LogP contribution in [-0.2, 0) is 18.4 Å². The van der Waals surface area contributed by atoms with Gasteiger partial charge in [-0.15, -0.1) is 0 Å². The Morgan fingerprint density at radius 2 is 2.17 bits per heavy atom. The van der Waals surface area contributed by atoms with Crippen LogP contribution >= 0.6 is 0 Å². The largest absolute Gasteiger partial charge is 0.394 e. The number of amides is 3. The molecule has 0 aliphatic carbocycles. The molecule has 0 aromatic carbocycles. The molecule has 8 nitrogen and oxygen atoms in total. The van der Waals surface area contributed by atoms with E-state index >= 15 is 0 Å². The van der Waals surface area contributed by atoms with Crippen LogP contribution < -0.4 is 5.32 Å². The lowest BCUT2D eigenvalue weighted by Crippen LogP contribution is -2.55. The molecule has 3 heterocycles.